The highest BCUT2D eigenvalue weighted by Gasteiger charge is 2.11. The van der Waals surface area contributed by atoms with Gasteiger partial charge < -0.3 is 14.8 Å². The number of nitrogens with one attached hydrogen (secondary N) is 1. The van der Waals surface area contributed by atoms with Gasteiger partial charge in [0.25, 0.3) is 5.91 Å². The third-order valence-electron chi connectivity index (χ3n) is 4.83. The molecule has 2 heterocycles. The van der Waals surface area contributed by atoms with Gasteiger partial charge >= 0.3 is 0 Å². The molecule has 4 rings (SSSR count). The van der Waals surface area contributed by atoms with Crippen LogP contribution in [-0.4, -0.2) is 47.7 Å². The van der Waals surface area contributed by atoms with Crippen LogP contribution in [0.1, 0.15) is 10.4 Å². The number of methoxy groups -OCH3 is 2. The molecule has 0 atom stereocenters. The molecule has 30 heavy (non-hydrogen) atoms. The molecule has 2 aromatic heterocycles. The Hall–Kier alpha value is -3.55. The topological polar surface area (TPSA) is 78.3 Å². The van der Waals surface area contributed by atoms with Crippen LogP contribution in [0.25, 0.3) is 27.7 Å². The fourth-order valence-electron chi connectivity index (χ4n) is 3.21. The number of fused-ring (bicyclic) bond motifs is 1. The summed E-state index contributed by atoms with van der Waals surface area (Å²) in [5.41, 5.74) is 4.33. The van der Waals surface area contributed by atoms with Crippen molar-refractivity contribution in [3.8, 4) is 16.8 Å². The minimum Gasteiger partial charge on any atom is -0.354 e. The summed E-state index contributed by atoms with van der Waals surface area (Å²) < 4.78 is 12.0. The average Bonchev–Trinajstić information content (AvgIpc) is 3.24. The highest BCUT2D eigenvalue weighted by atomic mass is 16.7. The van der Waals surface area contributed by atoms with E-state index in [4.69, 9.17) is 9.47 Å². The maximum absolute atomic E-state index is 12.5. The molecule has 0 aliphatic carbocycles. The van der Waals surface area contributed by atoms with E-state index in [0.717, 1.165) is 27.7 Å². The van der Waals surface area contributed by atoms with E-state index in [1.165, 1.54) is 14.2 Å². The van der Waals surface area contributed by atoms with Gasteiger partial charge in [0, 0.05) is 37.6 Å². The maximum Gasteiger partial charge on any atom is 0.251 e. The van der Waals surface area contributed by atoms with Gasteiger partial charge in [0.15, 0.2) is 6.29 Å². The van der Waals surface area contributed by atoms with Gasteiger partial charge in [-0.1, -0.05) is 18.2 Å². The van der Waals surface area contributed by atoms with Gasteiger partial charge in [0.2, 0.25) is 0 Å². The summed E-state index contributed by atoms with van der Waals surface area (Å²) in [7, 11) is 3.07. The van der Waals surface area contributed by atoms with Crippen molar-refractivity contribution in [3.05, 3.63) is 78.8 Å². The Morgan fingerprint density at radius 1 is 1.07 bits per heavy atom. The van der Waals surface area contributed by atoms with Gasteiger partial charge in [-0.15, -0.1) is 0 Å². The predicted octanol–water partition coefficient (Wildman–Crippen LogP) is 3.44. The number of hydrogen-bond acceptors (Lipinski definition) is 5. The fourth-order valence-corrected chi connectivity index (χ4v) is 3.21. The lowest BCUT2D eigenvalue weighted by Gasteiger charge is -2.14. The minimum absolute atomic E-state index is 0.179. The van der Waals surface area contributed by atoms with Crippen molar-refractivity contribution < 1.29 is 14.3 Å². The Morgan fingerprint density at radius 2 is 1.90 bits per heavy atom. The van der Waals surface area contributed by atoms with Crippen LogP contribution < -0.4 is 5.32 Å². The standard InChI is InChI=1S/C23H22N4O3/c1-29-22(30-2)14-25-23(28)18-6-3-5-16(11-18)17-8-9-21-19(12-17)15-27(26-21)20-7-4-10-24-13-20/h3-13,15,22H,14H2,1-2H3,(H,25,28). The van der Waals surface area contributed by atoms with Crippen LogP contribution in [0, 0.1) is 0 Å². The van der Waals surface area contributed by atoms with Crippen molar-refractivity contribution in [2.45, 2.75) is 6.29 Å². The number of aromatic nitrogens is 3. The van der Waals surface area contributed by atoms with E-state index >= 15 is 0 Å². The normalized spacial score (nSPS) is 11.2. The van der Waals surface area contributed by atoms with E-state index < -0.39 is 6.29 Å². The number of carbonyl (C=O) groups excluding carboxylic acids is 1. The van der Waals surface area contributed by atoms with Crippen molar-refractivity contribution in [2.75, 3.05) is 20.8 Å². The van der Waals surface area contributed by atoms with Gasteiger partial charge in [0.1, 0.15) is 0 Å². The zero-order chi connectivity index (χ0) is 20.9. The molecule has 0 aliphatic heterocycles. The lowest BCUT2D eigenvalue weighted by molar-refractivity contribution is -0.0974. The molecule has 0 saturated carbocycles. The van der Waals surface area contributed by atoms with E-state index in [1.54, 1.807) is 18.5 Å². The number of carbonyl (C=O) groups is 1. The molecule has 0 fully saturated rings. The number of rotatable bonds is 7. The molecule has 1 N–H and O–H groups in total. The molecule has 152 valence electrons. The number of amides is 1. The largest absolute Gasteiger partial charge is 0.354 e. The van der Waals surface area contributed by atoms with Gasteiger partial charge in [-0.2, -0.15) is 5.10 Å². The van der Waals surface area contributed by atoms with E-state index in [2.05, 4.69) is 21.5 Å². The summed E-state index contributed by atoms with van der Waals surface area (Å²) in [5, 5.41) is 8.44. The summed E-state index contributed by atoms with van der Waals surface area (Å²) in [6, 6.07) is 17.4. The molecule has 7 heteroatoms. The van der Waals surface area contributed by atoms with Crippen molar-refractivity contribution in [2.24, 2.45) is 0 Å². The molecule has 0 unspecified atom stereocenters. The van der Waals surface area contributed by atoms with Crippen LogP contribution in [0.15, 0.2) is 73.2 Å². The maximum atomic E-state index is 12.5. The molecule has 0 saturated heterocycles. The van der Waals surface area contributed by atoms with Gasteiger partial charge in [-0.25, -0.2) is 4.68 Å². The van der Waals surface area contributed by atoms with Crippen molar-refractivity contribution in [3.63, 3.8) is 0 Å². The molecule has 2 aromatic carbocycles. The van der Waals surface area contributed by atoms with Crippen LogP contribution in [-0.2, 0) is 9.47 Å². The zero-order valence-electron chi connectivity index (χ0n) is 16.8. The molecule has 4 aromatic rings. The smallest absolute Gasteiger partial charge is 0.251 e. The summed E-state index contributed by atoms with van der Waals surface area (Å²) in [4.78, 5) is 16.6. The molecular weight excluding hydrogens is 380 g/mol. The first-order valence-electron chi connectivity index (χ1n) is 9.52. The summed E-state index contributed by atoms with van der Waals surface area (Å²) in [5.74, 6) is -0.179. The molecule has 0 aliphatic rings. The Morgan fingerprint density at radius 3 is 2.67 bits per heavy atom. The Kier molecular flexibility index (Phi) is 5.83. The quantitative estimate of drug-likeness (QED) is 0.479. The SMILES string of the molecule is COC(CNC(=O)c1cccc(-c2ccc3nn(-c4cccnc4)cc3c2)c1)OC. The molecule has 0 spiro atoms. The second-order valence-corrected chi connectivity index (χ2v) is 6.75. The molecule has 7 nitrogen and oxygen atoms in total. The Bertz CT molecular complexity index is 1150. The highest BCUT2D eigenvalue weighted by Crippen LogP contribution is 2.25. The van der Waals surface area contributed by atoms with Gasteiger partial charge in [0.05, 0.1) is 23.9 Å². The second-order valence-electron chi connectivity index (χ2n) is 6.75. The summed E-state index contributed by atoms with van der Waals surface area (Å²) in [6.07, 6.45) is 5.00. The van der Waals surface area contributed by atoms with Gasteiger partial charge in [-0.3, -0.25) is 9.78 Å². The molecule has 1 amide bonds. The fraction of sp³-hybridized carbons (Fsp3) is 0.174. The first kappa shape index (κ1) is 19.8. The lowest BCUT2D eigenvalue weighted by Crippen LogP contribution is -2.34. The van der Waals surface area contributed by atoms with Crippen molar-refractivity contribution in [1.82, 2.24) is 20.1 Å². The van der Waals surface area contributed by atoms with E-state index in [1.807, 2.05) is 53.3 Å². The number of hydrogen-bond donors (Lipinski definition) is 1. The zero-order valence-corrected chi connectivity index (χ0v) is 16.8. The number of pyridine rings is 1. The van der Waals surface area contributed by atoms with E-state index in [0.29, 0.717) is 5.56 Å². The van der Waals surface area contributed by atoms with Crippen molar-refractivity contribution in [1.29, 1.82) is 0 Å². The summed E-state index contributed by atoms with van der Waals surface area (Å²) >= 11 is 0. The Labute approximate surface area is 174 Å². The Balaban J connectivity index is 1.58. The predicted molar refractivity (Wildman–Crippen MR) is 114 cm³/mol. The van der Waals surface area contributed by atoms with Gasteiger partial charge in [-0.05, 0) is 47.5 Å². The number of benzene rings is 2. The van der Waals surface area contributed by atoms with Crippen LogP contribution in [0.5, 0.6) is 0 Å². The monoisotopic (exact) mass is 402 g/mol. The van der Waals surface area contributed by atoms with Crippen LogP contribution in [0.3, 0.4) is 0 Å². The molecule has 0 radical (unpaired) electrons. The van der Waals surface area contributed by atoms with E-state index in [-0.39, 0.29) is 12.5 Å². The van der Waals surface area contributed by atoms with Crippen LogP contribution in [0.4, 0.5) is 0 Å². The summed E-state index contributed by atoms with van der Waals surface area (Å²) in [6.45, 7) is 0.273. The number of nitrogens with zero attached hydrogens (tertiary/aromatic N) is 3. The van der Waals surface area contributed by atoms with Crippen LogP contribution >= 0.6 is 0 Å². The first-order valence-corrected chi connectivity index (χ1v) is 9.52. The lowest BCUT2D eigenvalue weighted by atomic mass is 10.0. The van der Waals surface area contributed by atoms with E-state index in [9.17, 15) is 4.79 Å². The van der Waals surface area contributed by atoms with Crippen LogP contribution in [0.2, 0.25) is 0 Å². The molecular formula is C23H22N4O3. The van der Waals surface area contributed by atoms with Crippen molar-refractivity contribution >= 4 is 16.8 Å². The second kappa shape index (κ2) is 8.86. The molecule has 0 bridgehead atoms. The third kappa shape index (κ3) is 4.22. The third-order valence-corrected chi connectivity index (χ3v) is 4.83. The number of ether oxygens (including phenoxy) is 2. The average molecular weight is 402 g/mol. The minimum atomic E-state index is -0.476. The first-order chi connectivity index (χ1) is 14.7. The highest BCUT2D eigenvalue weighted by molar-refractivity contribution is 5.96.